The van der Waals surface area contributed by atoms with Crippen LogP contribution >= 0.6 is 31.9 Å². The van der Waals surface area contributed by atoms with Crippen molar-refractivity contribution >= 4 is 37.7 Å². The molecule has 0 spiro atoms. The minimum absolute atomic E-state index is 0.436. The number of anilines is 1. The van der Waals surface area contributed by atoms with Gasteiger partial charge in [0.05, 0.1) is 4.47 Å². The van der Waals surface area contributed by atoms with E-state index in [0.717, 1.165) is 15.6 Å². The average molecular weight is 308 g/mol. The van der Waals surface area contributed by atoms with Crippen molar-refractivity contribution in [1.82, 2.24) is 4.98 Å². The summed E-state index contributed by atoms with van der Waals surface area (Å²) < 4.78 is 1.03. The first-order chi connectivity index (χ1) is 6.16. The fraction of sp³-hybridized carbons (Fsp3) is 0.444. The van der Waals surface area contributed by atoms with Gasteiger partial charge in [0.1, 0.15) is 5.82 Å². The number of alkyl halides is 1. The van der Waals surface area contributed by atoms with Gasteiger partial charge in [-0.25, -0.2) is 4.98 Å². The van der Waals surface area contributed by atoms with E-state index >= 15 is 0 Å². The van der Waals surface area contributed by atoms with Crippen LogP contribution < -0.4 is 4.90 Å². The number of rotatable bonds is 3. The molecule has 0 aromatic carbocycles. The Morgan fingerprint density at radius 1 is 1.62 bits per heavy atom. The molecule has 0 radical (unpaired) electrons. The Hall–Kier alpha value is -0.0900. The minimum atomic E-state index is 0.436. The predicted octanol–water partition coefficient (Wildman–Crippen LogP) is 3.06. The molecular formula is C9H12Br2N2. The first kappa shape index (κ1) is 11.0. The van der Waals surface area contributed by atoms with Crippen molar-refractivity contribution in [3.63, 3.8) is 0 Å². The van der Waals surface area contributed by atoms with E-state index in [1.165, 1.54) is 0 Å². The van der Waals surface area contributed by atoms with E-state index in [4.69, 9.17) is 0 Å². The maximum atomic E-state index is 4.31. The summed E-state index contributed by atoms with van der Waals surface area (Å²) >= 11 is 6.93. The lowest BCUT2D eigenvalue weighted by molar-refractivity contribution is 0.755. The topological polar surface area (TPSA) is 16.1 Å². The zero-order chi connectivity index (χ0) is 9.84. The first-order valence-electron chi connectivity index (χ1n) is 4.06. The largest absolute Gasteiger partial charge is 0.355 e. The summed E-state index contributed by atoms with van der Waals surface area (Å²) in [6, 6.07) is 4.35. The molecule has 0 saturated heterocycles. The van der Waals surface area contributed by atoms with Gasteiger partial charge in [-0.15, -0.1) is 0 Å². The zero-order valence-electron chi connectivity index (χ0n) is 7.67. The molecule has 1 rings (SSSR count). The van der Waals surface area contributed by atoms with E-state index in [2.05, 4.69) is 48.7 Å². The molecule has 1 aromatic rings. The number of nitrogens with zero attached hydrogens (tertiary/aromatic N) is 2. The van der Waals surface area contributed by atoms with E-state index in [1.807, 2.05) is 19.2 Å². The lowest BCUT2D eigenvalue weighted by Gasteiger charge is -2.24. The SMILES string of the molecule is CC(CBr)N(C)c1ncccc1Br. The monoisotopic (exact) mass is 306 g/mol. The number of hydrogen-bond acceptors (Lipinski definition) is 2. The van der Waals surface area contributed by atoms with Crippen molar-refractivity contribution in [2.75, 3.05) is 17.3 Å². The minimum Gasteiger partial charge on any atom is -0.355 e. The molecule has 1 aromatic heterocycles. The number of pyridine rings is 1. The van der Waals surface area contributed by atoms with E-state index in [0.29, 0.717) is 6.04 Å². The van der Waals surface area contributed by atoms with Gasteiger partial charge in [-0.3, -0.25) is 0 Å². The maximum Gasteiger partial charge on any atom is 0.142 e. The molecule has 0 amide bonds. The lowest BCUT2D eigenvalue weighted by Crippen LogP contribution is -2.30. The van der Waals surface area contributed by atoms with Crippen molar-refractivity contribution in [1.29, 1.82) is 0 Å². The highest BCUT2D eigenvalue weighted by atomic mass is 79.9. The molecule has 0 saturated carbocycles. The van der Waals surface area contributed by atoms with Crippen LogP contribution in [0.5, 0.6) is 0 Å². The Morgan fingerprint density at radius 2 is 2.31 bits per heavy atom. The van der Waals surface area contributed by atoms with E-state index in [9.17, 15) is 0 Å². The molecular weight excluding hydrogens is 296 g/mol. The van der Waals surface area contributed by atoms with Gasteiger partial charge in [0.2, 0.25) is 0 Å². The first-order valence-corrected chi connectivity index (χ1v) is 5.97. The van der Waals surface area contributed by atoms with Crippen LogP contribution in [0.25, 0.3) is 0 Å². The summed E-state index contributed by atoms with van der Waals surface area (Å²) in [6.45, 7) is 2.15. The van der Waals surface area contributed by atoms with Gasteiger partial charge in [0.15, 0.2) is 0 Å². The Bertz CT molecular complexity index is 278. The molecule has 13 heavy (non-hydrogen) atoms. The second-order valence-corrected chi connectivity index (χ2v) is 4.42. The van der Waals surface area contributed by atoms with Crippen molar-refractivity contribution in [2.45, 2.75) is 13.0 Å². The molecule has 0 aliphatic carbocycles. The second-order valence-electron chi connectivity index (χ2n) is 2.92. The van der Waals surface area contributed by atoms with E-state index < -0.39 is 0 Å². The molecule has 0 bridgehead atoms. The van der Waals surface area contributed by atoms with Crippen LogP contribution in [0.3, 0.4) is 0 Å². The second kappa shape index (κ2) is 4.96. The third-order valence-corrected chi connectivity index (χ3v) is 3.51. The van der Waals surface area contributed by atoms with E-state index in [-0.39, 0.29) is 0 Å². The van der Waals surface area contributed by atoms with Gasteiger partial charge < -0.3 is 4.90 Å². The predicted molar refractivity (Wildman–Crippen MR) is 63.6 cm³/mol. The van der Waals surface area contributed by atoms with Crippen LogP contribution in [0.4, 0.5) is 5.82 Å². The van der Waals surface area contributed by atoms with Gasteiger partial charge >= 0.3 is 0 Å². The standard InChI is InChI=1S/C9H12Br2N2/c1-7(6-10)13(2)9-8(11)4-3-5-12-9/h3-5,7H,6H2,1-2H3. The Balaban J connectivity index is 2.88. The number of halogens is 2. The Kier molecular flexibility index (Phi) is 4.19. The number of hydrogen-bond donors (Lipinski definition) is 0. The van der Waals surface area contributed by atoms with Crippen LogP contribution in [-0.4, -0.2) is 23.4 Å². The molecule has 2 nitrogen and oxygen atoms in total. The maximum absolute atomic E-state index is 4.31. The molecule has 1 unspecified atom stereocenters. The van der Waals surface area contributed by atoms with Crippen LogP contribution in [0.2, 0.25) is 0 Å². The third-order valence-electron chi connectivity index (χ3n) is 1.96. The normalized spacial score (nSPS) is 12.6. The van der Waals surface area contributed by atoms with Gasteiger partial charge in [0.25, 0.3) is 0 Å². The average Bonchev–Trinajstić information content (AvgIpc) is 2.16. The van der Waals surface area contributed by atoms with Crippen molar-refractivity contribution < 1.29 is 0 Å². The van der Waals surface area contributed by atoms with Gasteiger partial charge in [-0.05, 0) is 35.0 Å². The number of aromatic nitrogens is 1. The quantitative estimate of drug-likeness (QED) is 0.798. The molecule has 0 aliphatic heterocycles. The van der Waals surface area contributed by atoms with E-state index in [1.54, 1.807) is 6.20 Å². The smallest absolute Gasteiger partial charge is 0.142 e. The van der Waals surface area contributed by atoms with Gasteiger partial charge in [-0.2, -0.15) is 0 Å². The highest BCUT2D eigenvalue weighted by Gasteiger charge is 2.11. The van der Waals surface area contributed by atoms with Crippen LogP contribution in [0.15, 0.2) is 22.8 Å². The van der Waals surface area contributed by atoms with Crippen molar-refractivity contribution in [3.8, 4) is 0 Å². The van der Waals surface area contributed by atoms with Crippen molar-refractivity contribution in [2.24, 2.45) is 0 Å². The highest BCUT2D eigenvalue weighted by molar-refractivity contribution is 9.10. The Morgan fingerprint density at radius 3 is 2.85 bits per heavy atom. The lowest BCUT2D eigenvalue weighted by atomic mass is 10.3. The fourth-order valence-corrected chi connectivity index (χ4v) is 1.92. The molecule has 0 aliphatic rings. The third kappa shape index (κ3) is 2.68. The molecule has 1 atom stereocenters. The van der Waals surface area contributed by atoms with Gasteiger partial charge in [-0.1, -0.05) is 15.9 Å². The van der Waals surface area contributed by atoms with Gasteiger partial charge in [0, 0.05) is 24.6 Å². The van der Waals surface area contributed by atoms with Crippen LogP contribution in [-0.2, 0) is 0 Å². The summed E-state index contributed by atoms with van der Waals surface area (Å²) in [5.41, 5.74) is 0. The summed E-state index contributed by atoms with van der Waals surface area (Å²) in [4.78, 5) is 6.44. The summed E-state index contributed by atoms with van der Waals surface area (Å²) in [6.07, 6.45) is 1.80. The summed E-state index contributed by atoms with van der Waals surface area (Å²) in [7, 11) is 2.04. The molecule has 0 fully saturated rings. The Labute approximate surface area is 95.6 Å². The van der Waals surface area contributed by atoms with Crippen molar-refractivity contribution in [3.05, 3.63) is 22.8 Å². The highest BCUT2D eigenvalue weighted by Crippen LogP contribution is 2.23. The fourth-order valence-electron chi connectivity index (χ4n) is 0.949. The van der Waals surface area contributed by atoms with Crippen LogP contribution in [0, 0.1) is 0 Å². The molecule has 1 heterocycles. The molecule has 0 N–H and O–H groups in total. The molecule has 4 heteroatoms. The summed E-state index contributed by atoms with van der Waals surface area (Å²) in [5, 5.41) is 0.937. The van der Waals surface area contributed by atoms with Crippen LogP contribution in [0.1, 0.15) is 6.92 Å². The zero-order valence-corrected chi connectivity index (χ0v) is 10.8. The molecule has 72 valence electrons. The summed E-state index contributed by atoms with van der Waals surface area (Å²) in [5.74, 6) is 0.981.